The van der Waals surface area contributed by atoms with Crippen LogP contribution in [-0.2, 0) is 38.0 Å². The first-order valence-electron chi connectivity index (χ1n) is 10.2. The number of esters is 1. The minimum atomic E-state index is -3.23. The largest absolute Gasteiger partial charge is 0.452 e. The van der Waals surface area contributed by atoms with E-state index in [-0.39, 0.29) is 17.2 Å². The van der Waals surface area contributed by atoms with Crippen molar-refractivity contribution in [3.05, 3.63) is 95.1 Å². The number of ether oxygens (including phenoxy) is 1. The molecular weight excluding hydrogens is 426 g/mol. The summed E-state index contributed by atoms with van der Waals surface area (Å²) < 4.78 is 28.4. The second-order valence-electron chi connectivity index (χ2n) is 7.83. The summed E-state index contributed by atoms with van der Waals surface area (Å²) in [6.45, 7) is -0.433. The summed E-state index contributed by atoms with van der Waals surface area (Å²) in [6.07, 6.45) is 2.75. The molecule has 0 saturated heterocycles. The van der Waals surface area contributed by atoms with Crippen molar-refractivity contribution in [1.29, 1.82) is 0 Å². The van der Waals surface area contributed by atoms with Crippen molar-refractivity contribution in [2.45, 2.75) is 18.6 Å². The SMILES string of the molecule is CS(=O)(=O)Cc1cccc(C(=O)OCC(=O)N2c3ccccc3CCc3ccccc32)c1. The third-order valence-electron chi connectivity index (χ3n) is 5.30. The van der Waals surface area contributed by atoms with Gasteiger partial charge in [0.2, 0.25) is 0 Å². The molecule has 0 saturated carbocycles. The van der Waals surface area contributed by atoms with E-state index in [1.165, 1.54) is 12.1 Å². The standard InChI is InChI=1S/C25H23NO5S/c1-32(29,30)17-18-7-6-10-21(15-18)25(28)31-16-24(27)26-22-11-4-2-8-19(22)13-14-20-9-3-5-12-23(20)26/h2-12,15H,13-14,16-17H2,1H3. The van der Waals surface area contributed by atoms with Gasteiger partial charge < -0.3 is 4.74 Å². The molecule has 0 unspecified atom stereocenters. The number of nitrogens with zero attached hydrogens (tertiary/aromatic N) is 1. The summed E-state index contributed by atoms with van der Waals surface area (Å²) in [4.78, 5) is 27.4. The Morgan fingerprint density at radius 2 is 1.47 bits per heavy atom. The quantitative estimate of drug-likeness (QED) is 0.553. The highest BCUT2D eigenvalue weighted by atomic mass is 32.2. The van der Waals surface area contributed by atoms with Crippen LogP contribution in [0.1, 0.15) is 27.0 Å². The van der Waals surface area contributed by atoms with Gasteiger partial charge in [0.1, 0.15) is 0 Å². The van der Waals surface area contributed by atoms with Crippen LogP contribution in [0.15, 0.2) is 72.8 Å². The van der Waals surface area contributed by atoms with E-state index in [4.69, 9.17) is 4.74 Å². The number of hydrogen-bond acceptors (Lipinski definition) is 5. The molecule has 0 atom stereocenters. The zero-order valence-electron chi connectivity index (χ0n) is 17.7. The van der Waals surface area contributed by atoms with Gasteiger partial charge in [0.05, 0.1) is 22.7 Å². The van der Waals surface area contributed by atoms with E-state index in [0.29, 0.717) is 5.56 Å². The first-order valence-corrected chi connectivity index (χ1v) is 12.3. The molecule has 1 heterocycles. The molecule has 1 aliphatic rings. The number of sulfone groups is 1. The lowest BCUT2D eigenvalue weighted by Crippen LogP contribution is -2.31. The number of hydrogen-bond donors (Lipinski definition) is 0. The summed E-state index contributed by atoms with van der Waals surface area (Å²) in [5.74, 6) is -1.20. The van der Waals surface area contributed by atoms with Gasteiger partial charge >= 0.3 is 5.97 Å². The van der Waals surface area contributed by atoms with E-state index in [9.17, 15) is 18.0 Å². The van der Waals surface area contributed by atoms with E-state index in [2.05, 4.69) is 0 Å². The fraction of sp³-hybridized carbons (Fsp3) is 0.200. The molecule has 0 bridgehead atoms. The van der Waals surface area contributed by atoms with Crippen LogP contribution in [0.2, 0.25) is 0 Å². The zero-order valence-corrected chi connectivity index (χ0v) is 18.5. The van der Waals surface area contributed by atoms with Crippen molar-refractivity contribution < 1.29 is 22.7 Å². The first kappa shape index (κ1) is 21.8. The molecule has 0 aromatic heterocycles. The molecule has 0 radical (unpaired) electrons. The van der Waals surface area contributed by atoms with Crippen LogP contribution in [0.5, 0.6) is 0 Å². The predicted molar refractivity (Wildman–Crippen MR) is 123 cm³/mol. The summed E-state index contributed by atoms with van der Waals surface area (Å²) in [5.41, 5.74) is 4.37. The highest BCUT2D eigenvalue weighted by molar-refractivity contribution is 7.89. The monoisotopic (exact) mass is 449 g/mol. The van der Waals surface area contributed by atoms with Crippen LogP contribution in [-0.4, -0.2) is 33.2 Å². The highest BCUT2D eigenvalue weighted by Crippen LogP contribution is 2.36. The Morgan fingerprint density at radius 1 is 0.875 bits per heavy atom. The Kier molecular flexibility index (Phi) is 6.10. The van der Waals surface area contributed by atoms with Gasteiger partial charge in [-0.25, -0.2) is 13.2 Å². The molecule has 6 nitrogen and oxygen atoms in total. The fourth-order valence-electron chi connectivity index (χ4n) is 3.91. The number of benzene rings is 3. The van der Waals surface area contributed by atoms with Crippen molar-refractivity contribution in [1.82, 2.24) is 0 Å². The van der Waals surface area contributed by atoms with Crippen LogP contribution in [0.25, 0.3) is 0 Å². The minimum absolute atomic E-state index is 0.172. The molecular formula is C25H23NO5S. The maximum atomic E-state index is 13.2. The summed E-state index contributed by atoms with van der Waals surface area (Å²) >= 11 is 0. The number of carbonyl (C=O) groups excluding carboxylic acids is 2. The minimum Gasteiger partial charge on any atom is -0.452 e. The molecule has 7 heteroatoms. The van der Waals surface area contributed by atoms with Gasteiger partial charge in [-0.15, -0.1) is 0 Å². The molecule has 0 fully saturated rings. The molecule has 164 valence electrons. The van der Waals surface area contributed by atoms with E-state index in [1.807, 2.05) is 48.5 Å². The van der Waals surface area contributed by atoms with Crippen LogP contribution in [0.3, 0.4) is 0 Å². The summed E-state index contributed by atoms with van der Waals surface area (Å²) in [6, 6.07) is 21.7. The highest BCUT2D eigenvalue weighted by Gasteiger charge is 2.26. The number of carbonyl (C=O) groups is 2. The number of fused-ring (bicyclic) bond motifs is 2. The van der Waals surface area contributed by atoms with Gasteiger partial charge in [-0.05, 0) is 53.8 Å². The van der Waals surface area contributed by atoms with Gasteiger partial charge in [0.25, 0.3) is 5.91 Å². The second kappa shape index (κ2) is 8.96. The number of para-hydroxylation sites is 2. The number of aryl methyl sites for hydroxylation is 2. The number of amides is 1. The number of anilines is 2. The maximum absolute atomic E-state index is 13.2. The van der Waals surface area contributed by atoms with Crippen LogP contribution >= 0.6 is 0 Å². The average Bonchev–Trinajstić information content (AvgIpc) is 2.93. The maximum Gasteiger partial charge on any atom is 0.338 e. The van der Waals surface area contributed by atoms with Crippen molar-refractivity contribution >= 4 is 33.1 Å². The van der Waals surface area contributed by atoms with Crippen LogP contribution in [0.4, 0.5) is 11.4 Å². The third kappa shape index (κ3) is 4.89. The molecule has 1 aliphatic heterocycles. The lowest BCUT2D eigenvalue weighted by atomic mass is 10.0. The smallest absolute Gasteiger partial charge is 0.338 e. The van der Waals surface area contributed by atoms with Crippen molar-refractivity contribution in [2.75, 3.05) is 17.8 Å². The van der Waals surface area contributed by atoms with E-state index in [1.54, 1.807) is 17.0 Å². The molecule has 0 spiro atoms. The van der Waals surface area contributed by atoms with Gasteiger partial charge in [0, 0.05) is 6.26 Å². The third-order valence-corrected chi connectivity index (χ3v) is 6.15. The molecule has 4 rings (SSSR count). The summed E-state index contributed by atoms with van der Waals surface area (Å²) in [7, 11) is -3.23. The van der Waals surface area contributed by atoms with E-state index in [0.717, 1.165) is 41.6 Å². The molecule has 3 aromatic rings. The van der Waals surface area contributed by atoms with Gasteiger partial charge in [-0.1, -0.05) is 48.5 Å². The van der Waals surface area contributed by atoms with Crippen LogP contribution < -0.4 is 4.90 Å². The second-order valence-corrected chi connectivity index (χ2v) is 9.97. The Labute approximate surface area is 187 Å². The number of rotatable bonds is 5. The van der Waals surface area contributed by atoms with Crippen molar-refractivity contribution in [3.8, 4) is 0 Å². The molecule has 0 aliphatic carbocycles. The lowest BCUT2D eigenvalue weighted by Gasteiger charge is -2.24. The molecule has 3 aromatic carbocycles. The summed E-state index contributed by atoms with van der Waals surface area (Å²) in [5, 5.41) is 0. The van der Waals surface area contributed by atoms with Crippen LogP contribution in [0, 0.1) is 0 Å². The Bertz CT molecular complexity index is 1240. The zero-order chi connectivity index (χ0) is 22.7. The first-order chi connectivity index (χ1) is 15.3. The Balaban J connectivity index is 1.55. The molecule has 1 amide bonds. The Hall–Kier alpha value is -3.45. The Morgan fingerprint density at radius 3 is 2.06 bits per heavy atom. The van der Waals surface area contributed by atoms with E-state index >= 15 is 0 Å². The van der Waals surface area contributed by atoms with Gasteiger partial charge in [-0.2, -0.15) is 0 Å². The van der Waals surface area contributed by atoms with Gasteiger partial charge in [-0.3, -0.25) is 9.69 Å². The predicted octanol–water partition coefficient (Wildman–Crippen LogP) is 3.85. The van der Waals surface area contributed by atoms with Gasteiger partial charge in [0.15, 0.2) is 16.4 Å². The normalized spacial score (nSPS) is 13.0. The molecule has 32 heavy (non-hydrogen) atoms. The topological polar surface area (TPSA) is 80.7 Å². The molecule has 0 N–H and O–H groups in total. The lowest BCUT2D eigenvalue weighted by molar-refractivity contribution is -0.120. The average molecular weight is 450 g/mol. The van der Waals surface area contributed by atoms with Crippen molar-refractivity contribution in [3.63, 3.8) is 0 Å². The van der Waals surface area contributed by atoms with Crippen molar-refractivity contribution in [2.24, 2.45) is 0 Å². The fourth-order valence-corrected chi connectivity index (χ4v) is 4.70. The van der Waals surface area contributed by atoms with E-state index < -0.39 is 22.4 Å².